The highest BCUT2D eigenvalue weighted by Gasteiger charge is 2.19. The second-order valence-corrected chi connectivity index (χ2v) is 4.55. The summed E-state index contributed by atoms with van der Waals surface area (Å²) >= 11 is 0. The lowest BCUT2D eigenvalue weighted by molar-refractivity contribution is 0.240. The molecule has 1 saturated heterocycles. The molecule has 1 N–H and O–H groups in total. The molecular formula is C13H19NO. The van der Waals surface area contributed by atoms with E-state index in [1.807, 2.05) is 0 Å². The monoisotopic (exact) mass is 205 g/mol. The van der Waals surface area contributed by atoms with E-state index in [0.29, 0.717) is 5.92 Å². The molecule has 2 heteroatoms. The van der Waals surface area contributed by atoms with Gasteiger partial charge in [-0.3, -0.25) is 0 Å². The minimum atomic E-state index is 0.250. The highest BCUT2D eigenvalue weighted by atomic mass is 16.5. The highest BCUT2D eigenvalue weighted by molar-refractivity contribution is 5.38. The minimum Gasteiger partial charge on any atom is -0.491 e. The van der Waals surface area contributed by atoms with Gasteiger partial charge in [-0.05, 0) is 38.0 Å². The van der Waals surface area contributed by atoms with Gasteiger partial charge in [0.15, 0.2) is 0 Å². The van der Waals surface area contributed by atoms with Crippen molar-refractivity contribution in [3.63, 3.8) is 0 Å². The van der Waals surface area contributed by atoms with Crippen molar-refractivity contribution in [3.8, 4) is 5.75 Å². The second-order valence-electron chi connectivity index (χ2n) is 4.55. The van der Waals surface area contributed by atoms with Gasteiger partial charge in [0, 0.05) is 19.0 Å². The fourth-order valence-electron chi connectivity index (χ4n) is 1.84. The molecule has 0 aromatic heterocycles. The van der Waals surface area contributed by atoms with Crippen molar-refractivity contribution in [2.24, 2.45) is 0 Å². The average Bonchev–Trinajstić information content (AvgIpc) is 2.06. The van der Waals surface area contributed by atoms with Crippen molar-refractivity contribution in [1.82, 2.24) is 5.32 Å². The Bertz CT molecular complexity index is 342. The molecule has 82 valence electrons. The Hall–Kier alpha value is -1.02. The zero-order chi connectivity index (χ0) is 10.8. The van der Waals surface area contributed by atoms with Crippen LogP contribution in [0.3, 0.4) is 0 Å². The van der Waals surface area contributed by atoms with Gasteiger partial charge in [0.1, 0.15) is 5.75 Å². The number of nitrogens with one attached hydrogen (secondary N) is 1. The van der Waals surface area contributed by atoms with Crippen molar-refractivity contribution >= 4 is 0 Å². The molecule has 2 rings (SSSR count). The predicted octanol–water partition coefficient (Wildman–Crippen LogP) is 2.47. The molecule has 0 spiro atoms. The van der Waals surface area contributed by atoms with E-state index in [0.717, 1.165) is 18.8 Å². The Morgan fingerprint density at radius 1 is 1.33 bits per heavy atom. The summed E-state index contributed by atoms with van der Waals surface area (Å²) < 4.78 is 5.72. The van der Waals surface area contributed by atoms with Crippen LogP contribution in [0, 0.1) is 6.92 Å². The summed E-state index contributed by atoms with van der Waals surface area (Å²) in [5, 5.41) is 3.29. The van der Waals surface area contributed by atoms with Crippen LogP contribution in [0.4, 0.5) is 0 Å². The first-order valence-electron chi connectivity index (χ1n) is 5.64. The summed E-state index contributed by atoms with van der Waals surface area (Å²) in [6.45, 7) is 8.47. The fraction of sp³-hybridized carbons (Fsp3) is 0.538. The molecule has 1 aliphatic heterocycles. The molecule has 0 unspecified atom stereocenters. The molecule has 0 saturated carbocycles. The maximum Gasteiger partial charge on any atom is 0.122 e. The van der Waals surface area contributed by atoms with E-state index in [-0.39, 0.29) is 6.10 Å². The SMILES string of the molecule is Cc1cc(C2CNC2)ccc1OC(C)C. The third-order valence-corrected chi connectivity index (χ3v) is 2.81. The average molecular weight is 205 g/mol. The molecule has 2 nitrogen and oxygen atoms in total. The standard InChI is InChI=1S/C13H19NO/c1-9(2)15-13-5-4-11(6-10(13)3)12-7-14-8-12/h4-6,9,12,14H,7-8H2,1-3H3. The molecule has 1 fully saturated rings. The van der Waals surface area contributed by atoms with E-state index >= 15 is 0 Å². The van der Waals surface area contributed by atoms with Gasteiger partial charge >= 0.3 is 0 Å². The summed E-state index contributed by atoms with van der Waals surface area (Å²) in [5.41, 5.74) is 2.68. The minimum absolute atomic E-state index is 0.250. The summed E-state index contributed by atoms with van der Waals surface area (Å²) in [4.78, 5) is 0. The van der Waals surface area contributed by atoms with Crippen molar-refractivity contribution in [3.05, 3.63) is 29.3 Å². The zero-order valence-electron chi connectivity index (χ0n) is 9.71. The predicted molar refractivity (Wildman–Crippen MR) is 62.6 cm³/mol. The largest absolute Gasteiger partial charge is 0.491 e. The van der Waals surface area contributed by atoms with Gasteiger partial charge < -0.3 is 10.1 Å². The van der Waals surface area contributed by atoms with E-state index in [1.165, 1.54) is 11.1 Å². The molecular weight excluding hydrogens is 186 g/mol. The van der Waals surface area contributed by atoms with E-state index < -0.39 is 0 Å². The van der Waals surface area contributed by atoms with Gasteiger partial charge in [-0.2, -0.15) is 0 Å². The second kappa shape index (κ2) is 4.23. The van der Waals surface area contributed by atoms with Crippen LogP contribution >= 0.6 is 0 Å². The van der Waals surface area contributed by atoms with Crippen molar-refractivity contribution in [2.75, 3.05) is 13.1 Å². The molecule has 0 aliphatic carbocycles. The summed E-state index contributed by atoms with van der Waals surface area (Å²) in [5.74, 6) is 1.72. The van der Waals surface area contributed by atoms with E-state index in [4.69, 9.17) is 4.74 Å². The van der Waals surface area contributed by atoms with Crippen LogP contribution in [0.25, 0.3) is 0 Å². The lowest BCUT2D eigenvalue weighted by atomic mass is 9.92. The molecule has 0 bridgehead atoms. The lowest BCUT2D eigenvalue weighted by Gasteiger charge is -2.28. The van der Waals surface area contributed by atoms with Gasteiger partial charge in [0.25, 0.3) is 0 Å². The van der Waals surface area contributed by atoms with Crippen LogP contribution in [0.15, 0.2) is 18.2 Å². The maximum atomic E-state index is 5.72. The number of rotatable bonds is 3. The summed E-state index contributed by atoms with van der Waals surface area (Å²) in [7, 11) is 0. The van der Waals surface area contributed by atoms with Crippen molar-refractivity contribution in [1.29, 1.82) is 0 Å². The molecule has 1 heterocycles. The number of hydrogen-bond donors (Lipinski definition) is 1. The van der Waals surface area contributed by atoms with Crippen molar-refractivity contribution in [2.45, 2.75) is 32.8 Å². The highest BCUT2D eigenvalue weighted by Crippen LogP contribution is 2.26. The van der Waals surface area contributed by atoms with Crippen LogP contribution in [0.1, 0.15) is 30.9 Å². The van der Waals surface area contributed by atoms with E-state index in [1.54, 1.807) is 0 Å². The number of benzene rings is 1. The van der Waals surface area contributed by atoms with E-state index in [9.17, 15) is 0 Å². The molecule has 0 radical (unpaired) electrons. The Kier molecular flexibility index (Phi) is 2.96. The first-order valence-corrected chi connectivity index (χ1v) is 5.64. The van der Waals surface area contributed by atoms with Crippen LogP contribution in [-0.4, -0.2) is 19.2 Å². The third-order valence-electron chi connectivity index (χ3n) is 2.81. The molecule has 0 amide bonds. The van der Waals surface area contributed by atoms with Gasteiger partial charge in [-0.1, -0.05) is 12.1 Å². The smallest absolute Gasteiger partial charge is 0.122 e. The third kappa shape index (κ3) is 2.32. The fourth-order valence-corrected chi connectivity index (χ4v) is 1.84. The lowest BCUT2D eigenvalue weighted by Crippen LogP contribution is -2.39. The van der Waals surface area contributed by atoms with Gasteiger partial charge in [-0.25, -0.2) is 0 Å². The molecule has 15 heavy (non-hydrogen) atoms. The maximum absolute atomic E-state index is 5.72. The summed E-state index contributed by atoms with van der Waals surface area (Å²) in [6, 6.07) is 6.54. The van der Waals surface area contributed by atoms with Crippen LogP contribution in [-0.2, 0) is 0 Å². The van der Waals surface area contributed by atoms with Crippen LogP contribution in [0.5, 0.6) is 5.75 Å². The van der Waals surface area contributed by atoms with Crippen molar-refractivity contribution < 1.29 is 4.74 Å². The normalized spacial score (nSPS) is 16.5. The Morgan fingerprint density at radius 3 is 2.53 bits per heavy atom. The molecule has 1 aromatic rings. The van der Waals surface area contributed by atoms with Gasteiger partial charge in [0.05, 0.1) is 6.10 Å². The number of ether oxygens (including phenoxy) is 1. The van der Waals surface area contributed by atoms with E-state index in [2.05, 4.69) is 44.3 Å². The quantitative estimate of drug-likeness (QED) is 0.818. The molecule has 1 aliphatic rings. The molecule has 1 aromatic carbocycles. The number of hydrogen-bond acceptors (Lipinski definition) is 2. The first-order chi connectivity index (χ1) is 7.16. The Morgan fingerprint density at radius 2 is 2.07 bits per heavy atom. The Balaban J connectivity index is 2.14. The Labute approximate surface area is 91.6 Å². The number of aryl methyl sites for hydroxylation is 1. The topological polar surface area (TPSA) is 21.3 Å². The van der Waals surface area contributed by atoms with Gasteiger partial charge in [0.2, 0.25) is 0 Å². The van der Waals surface area contributed by atoms with Gasteiger partial charge in [-0.15, -0.1) is 0 Å². The molecule has 0 atom stereocenters. The first kappa shape index (κ1) is 10.5. The zero-order valence-corrected chi connectivity index (χ0v) is 9.71. The summed E-state index contributed by atoms with van der Waals surface area (Å²) in [6.07, 6.45) is 0.250. The van der Waals surface area contributed by atoms with Crippen LogP contribution < -0.4 is 10.1 Å². The van der Waals surface area contributed by atoms with Crippen LogP contribution in [0.2, 0.25) is 0 Å².